The first-order chi connectivity index (χ1) is 16.2. The summed E-state index contributed by atoms with van der Waals surface area (Å²) in [5.41, 5.74) is 0.627. The summed E-state index contributed by atoms with van der Waals surface area (Å²) in [7, 11) is -7.55. The SMILES string of the molecule is CSc1ccc(S(=O)(=O)Nc2ccc(S(=O)(=O)N3CCCC3)cc2)cc1C(=O)N1CCCCC1. The van der Waals surface area contributed by atoms with Gasteiger partial charge in [0, 0.05) is 36.8 Å². The molecule has 34 heavy (non-hydrogen) atoms. The third-order valence-electron chi connectivity index (χ3n) is 6.16. The van der Waals surface area contributed by atoms with E-state index in [0.717, 1.165) is 37.0 Å². The van der Waals surface area contributed by atoms with E-state index in [1.807, 2.05) is 6.26 Å². The van der Waals surface area contributed by atoms with Crippen molar-refractivity contribution in [2.45, 2.75) is 46.8 Å². The monoisotopic (exact) mass is 523 g/mol. The van der Waals surface area contributed by atoms with E-state index in [1.54, 1.807) is 11.0 Å². The van der Waals surface area contributed by atoms with Gasteiger partial charge in [0.05, 0.1) is 15.4 Å². The lowest BCUT2D eigenvalue weighted by Crippen LogP contribution is -2.36. The summed E-state index contributed by atoms with van der Waals surface area (Å²) in [5, 5.41) is 0. The first-order valence-corrected chi connectivity index (χ1v) is 15.5. The smallest absolute Gasteiger partial charge is 0.261 e. The summed E-state index contributed by atoms with van der Waals surface area (Å²) in [6.07, 6.45) is 6.53. The first kappa shape index (κ1) is 25.0. The van der Waals surface area contributed by atoms with E-state index in [0.29, 0.717) is 31.7 Å². The molecule has 4 rings (SSSR count). The summed E-state index contributed by atoms with van der Waals surface area (Å²) < 4.78 is 55.5. The van der Waals surface area contributed by atoms with E-state index in [1.165, 1.54) is 52.5 Å². The van der Waals surface area contributed by atoms with Gasteiger partial charge in [-0.3, -0.25) is 9.52 Å². The number of amides is 1. The highest BCUT2D eigenvalue weighted by Gasteiger charge is 2.27. The number of nitrogens with one attached hydrogen (secondary N) is 1. The Hall–Kier alpha value is -2.08. The van der Waals surface area contributed by atoms with E-state index in [2.05, 4.69) is 4.72 Å². The lowest BCUT2D eigenvalue weighted by atomic mass is 10.1. The number of thioether (sulfide) groups is 1. The fourth-order valence-electron chi connectivity index (χ4n) is 4.28. The van der Waals surface area contributed by atoms with Gasteiger partial charge in [-0.15, -0.1) is 11.8 Å². The molecule has 2 aliphatic heterocycles. The van der Waals surface area contributed by atoms with E-state index in [-0.39, 0.29) is 21.4 Å². The normalized spacial score (nSPS) is 17.6. The van der Waals surface area contributed by atoms with Crippen LogP contribution < -0.4 is 4.72 Å². The second-order valence-electron chi connectivity index (χ2n) is 8.46. The van der Waals surface area contributed by atoms with Gasteiger partial charge in [0.2, 0.25) is 10.0 Å². The Kier molecular flexibility index (Phi) is 7.56. The number of anilines is 1. The van der Waals surface area contributed by atoms with Crippen LogP contribution in [0.1, 0.15) is 42.5 Å². The molecule has 0 unspecified atom stereocenters. The number of benzene rings is 2. The molecule has 2 aromatic rings. The van der Waals surface area contributed by atoms with Crippen LogP contribution in [0.3, 0.4) is 0 Å². The van der Waals surface area contributed by atoms with Crippen molar-refractivity contribution < 1.29 is 21.6 Å². The van der Waals surface area contributed by atoms with Crippen molar-refractivity contribution in [2.75, 3.05) is 37.2 Å². The van der Waals surface area contributed by atoms with Gasteiger partial charge < -0.3 is 4.90 Å². The Morgan fingerprint density at radius 2 is 1.41 bits per heavy atom. The maximum Gasteiger partial charge on any atom is 0.261 e. The number of piperidine rings is 1. The number of carbonyl (C=O) groups excluding carboxylic acids is 1. The Morgan fingerprint density at radius 1 is 0.824 bits per heavy atom. The first-order valence-electron chi connectivity index (χ1n) is 11.3. The minimum Gasteiger partial charge on any atom is -0.339 e. The highest BCUT2D eigenvalue weighted by atomic mass is 32.2. The number of hydrogen-bond acceptors (Lipinski definition) is 6. The number of hydrogen-bond donors (Lipinski definition) is 1. The molecule has 2 saturated heterocycles. The predicted octanol–water partition coefficient (Wildman–Crippen LogP) is 3.62. The van der Waals surface area contributed by atoms with Crippen molar-refractivity contribution in [2.24, 2.45) is 0 Å². The van der Waals surface area contributed by atoms with Gasteiger partial charge in [-0.25, -0.2) is 16.8 Å². The zero-order valence-electron chi connectivity index (χ0n) is 19.1. The molecule has 0 atom stereocenters. The lowest BCUT2D eigenvalue weighted by molar-refractivity contribution is 0.0720. The van der Waals surface area contributed by atoms with Crippen molar-refractivity contribution in [3.8, 4) is 0 Å². The van der Waals surface area contributed by atoms with Crippen molar-refractivity contribution in [3.05, 3.63) is 48.0 Å². The number of rotatable bonds is 7. The second kappa shape index (κ2) is 10.3. The van der Waals surface area contributed by atoms with Gasteiger partial charge >= 0.3 is 0 Å². The average molecular weight is 524 g/mol. The summed E-state index contributed by atoms with van der Waals surface area (Å²) in [4.78, 5) is 15.7. The van der Waals surface area contributed by atoms with Crippen LogP contribution >= 0.6 is 11.8 Å². The highest BCUT2D eigenvalue weighted by molar-refractivity contribution is 7.98. The Bertz CT molecular complexity index is 1250. The fourth-order valence-corrected chi connectivity index (χ4v) is 7.45. The van der Waals surface area contributed by atoms with Crippen molar-refractivity contribution in [1.29, 1.82) is 0 Å². The Labute approximate surface area is 205 Å². The van der Waals surface area contributed by atoms with Gasteiger partial charge in [-0.05, 0) is 80.8 Å². The van der Waals surface area contributed by atoms with Crippen LogP contribution in [-0.4, -0.2) is 64.4 Å². The van der Waals surface area contributed by atoms with Crippen LogP contribution in [0.15, 0.2) is 57.2 Å². The predicted molar refractivity (Wildman–Crippen MR) is 133 cm³/mol. The molecule has 184 valence electrons. The third-order valence-corrected chi connectivity index (χ3v) is 10.3. The van der Waals surface area contributed by atoms with E-state index >= 15 is 0 Å². The number of likely N-dealkylation sites (tertiary alicyclic amines) is 1. The van der Waals surface area contributed by atoms with Crippen LogP contribution in [0.25, 0.3) is 0 Å². The minimum absolute atomic E-state index is 0.0144. The molecule has 2 heterocycles. The molecule has 0 aliphatic carbocycles. The minimum atomic E-state index is -3.98. The molecule has 11 heteroatoms. The molecule has 0 aromatic heterocycles. The van der Waals surface area contributed by atoms with Crippen molar-refractivity contribution in [3.63, 3.8) is 0 Å². The van der Waals surface area contributed by atoms with Gasteiger partial charge in [0.25, 0.3) is 15.9 Å². The van der Waals surface area contributed by atoms with Gasteiger partial charge in [0.1, 0.15) is 0 Å². The number of nitrogens with zero attached hydrogens (tertiary/aromatic N) is 2. The maximum absolute atomic E-state index is 13.1. The Morgan fingerprint density at radius 3 is 2.03 bits per heavy atom. The Balaban J connectivity index is 1.55. The van der Waals surface area contributed by atoms with Crippen LogP contribution in [0.4, 0.5) is 5.69 Å². The van der Waals surface area contributed by atoms with E-state index < -0.39 is 20.0 Å². The van der Waals surface area contributed by atoms with Crippen LogP contribution in [0.5, 0.6) is 0 Å². The summed E-state index contributed by atoms with van der Waals surface area (Å²) in [5.74, 6) is -0.155. The van der Waals surface area contributed by atoms with Crippen molar-refractivity contribution >= 4 is 43.4 Å². The quantitative estimate of drug-likeness (QED) is 0.556. The fraction of sp³-hybridized carbons (Fsp3) is 0.435. The lowest BCUT2D eigenvalue weighted by Gasteiger charge is -2.27. The molecular weight excluding hydrogens is 494 g/mol. The van der Waals surface area contributed by atoms with Gasteiger partial charge in [-0.1, -0.05) is 0 Å². The molecule has 1 amide bonds. The molecule has 8 nitrogen and oxygen atoms in total. The summed E-state index contributed by atoms with van der Waals surface area (Å²) in [6, 6.07) is 10.3. The average Bonchev–Trinajstić information content (AvgIpc) is 3.40. The number of carbonyl (C=O) groups is 1. The zero-order chi connectivity index (χ0) is 24.3. The van der Waals surface area contributed by atoms with Crippen LogP contribution in [0, 0.1) is 0 Å². The van der Waals surface area contributed by atoms with Crippen molar-refractivity contribution in [1.82, 2.24) is 9.21 Å². The molecule has 2 aromatic carbocycles. The molecule has 1 N–H and O–H groups in total. The second-order valence-corrected chi connectivity index (χ2v) is 12.9. The standard InChI is InChI=1S/C23H29N3O5S3/c1-32-22-12-11-20(17-21(22)23(27)25-13-3-2-4-14-25)33(28,29)24-18-7-9-19(10-8-18)34(30,31)26-15-5-6-16-26/h7-12,17,24H,2-6,13-16H2,1H3. The molecule has 2 fully saturated rings. The molecule has 0 saturated carbocycles. The topological polar surface area (TPSA) is 104 Å². The van der Waals surface area contributed by atoms with Crippen LogP contribution in [-0.2, 0) is 20.0 Å². The summed E-state index contributed by atoms with van der Waals surface area (Å²) in [6.45, 7) is 2.35. The van der Waals surface area contributed by atoms with E-state index in [9.17, 15) is 21.6 Å². The zero-order valence-corrected chi connectivity index (χ0v) is 21.5. The molecule has 0 radical (unpaired) electrons. The molecular formula is C23H29N3O5S3. The number of sulfonamides is 2. The molecule has 0 spiro atoms. The van der Waals surface area contributed by atoms with Gasteiger partial charge in [-0.2, -0.15) is 4.31 Å². The van der Waals surface area contributed by atoms with Gasteiger partial charge in [0.15, 0.2) is 0 Å². The summed E-state index contributed by atoms with van der Waals surface area (Å²) >= 11 is 1.40. The molecule has 0 bridgehead atoms. The van der Waals surface area contributed by atoms with Crippen LogP contribution in [0.2, 0.25) is 0 Å². The highest BCUT2D eigenvalue weighted by Crippen LogP contribution is 2.28. The largest absolute Gasteiger partial charge is 0.339 e. The molecule has 2 aliphatic rings. The third kappa shape index (κ3) is 5.27. The maximum atomic E-state index is 13.1. The van der Waals surface area contributed by atoms with E-state index in [4.69, 9.17) is 0 Å².